The van der Waals surface area contributed by atoms with Crippen LogP contribution in [-0.4, -0.2) is 23.5 Å². The molecule has 0 heterocycles. The van der Waals surface area contributed by atoms with Crippen molar-refractivity contribution in [1.29, 1.82) is 0 Å². The minimum absolute atomic E-state index is 0.756. The van der Waals surface area contributed by atoms with Crippen molar-refractivity contribution in [3.63, 3.8) is 0 Å². The first kappa shape index (κ1) is 18.3. The van der Waals surface area contributed by atoms with Gasteiger partial charge in [-0.15, -0.1) is 0 Å². The molecule has 0 unspecified atom stereocenters. The van der Waals surface area contributed by atoms with Crippen LogP contribution in [-0.2, 0) is 9.59 Å². The average Bonchev–Trinajstić information content (AvgIpc) is 2.23. The zero-order valence-electron chi connectivity index (χ0n) is 9.92. The van der Waals surface area contributed by atoms with Gasteiger partial charge in [-0.2, -0.15) is 13.2 Å². The van der Waals surface area contributed by atoms with Crippen LogP contribution in [0, 0.1) is 0 Å². The molecule has 1 N–H and O–H groups in total. The lowest BCUT2D eigenvalue weighted by atomic mass is 10.1. The van der Waals surface area contributed by atoms with Crippen LogP contribution in [0.1, 0.15) is 51.9 Å². The van der Waals surface area contributed by atoms with Gasteiger partial charge in [-0.05, 0) is 6.42 Å². The molecule has 0 bridgehead atoms. The summed E-state index contributed by atoms with van der Waals surface area (Å²) in [5.74, 6) is -2.76. The van der Waals surface area contributed by atoms with Gasteiger partial charge >= 0.3 is 12.1 Å². The van der Waals surface area contributed by atoms with Crippen LogP contribution in [0.3, 0.4) is 0 Å². The maximum atomic E-state index is 10.6. The average molecular weight is 256 g/mol. The molecule has 0 saturated carbocycles. The Balaban J connectivity index is 0. The van der Waals surface area contributed by atoms with Crippen molar-refractivity contribution < 1.29 is 27.9 Å². The van der Waals surface area contributed by atoms with Crippen LogP contribution in [0.15, 0.2) is 0 Å². The summed E-state index contributed by atoms with van der Waals surface area (Å²) in [7, 11) is 0. The molecule has 0 fully saturated rings. The molecule has 0 aliphatic heterocycles. The molecule has 0 aliphatic rings. The molecule has 0 atom stereocenters. The number of aldehydes is 1. The van der Waals surface area contributed by atoms with E-state index in [-0.39, 0.29) is 0 Å². The SMILES string of the molecule is CCCCCCCCC=O.O=C(O)C(F)(F)F. The number of carboxylic acid groups (broad SMARTS) is 1. The zero-order valence-corrected chi connectivity index (χ0v) is 9.92. The van der Waals surface area contributed by atoms with Gasteiger partial charge < -0.3 is 9.90 Å². The number of carbonyl (C=O) groups is 2. The fourth-order valence-corrected chi connectivity index (χ4v) is 1.01. The van der Waals surface area contributed by atoms with Gasteiger partial charge in [0.25, 0.3) is 0 Å². The number of unbranched alkanes of at least 4 members (excludes halogenated alkanes) is 6. The van der Waals surface area contributed by atoms with Gasteiger partial charge in [0.2, 0.25) is 0 Å². The highest BCUT2D eigenvalue weighted by molar-refractivity contribution is 5.73. The molecule has 0 saturated heterocycles. The molecule has 0 radical (unpaired) electrons. The molecule has 6 heteroatoms. The number of aliphatic carboxylic acids is 1. The van der Waals surface area contributed by atoms with Crippen LogP contribution in [0.2, 0.25) is 0 Å². The normalized spacial score (nSPS) is 10.4. The molecule has 0 aromatic carbocycles. The van der Waals surface area contributed by atoms with Gasteiger partial charge in [0.1, 0.15) is 6.29 Å². The predicted molar refractivity (Wildman–Crippen MR) is 57.7 cm³/mol. The number of carbonyl (C=O) groups excluding carboxylic acids is 1. The van der Waals surface area contributed by atoms with Crippen molar-refractivity contribution in [2.24, 2.45) is 0 Å². The monoisotopic (exact) mass is 256 g/mol. The zero-order chi connectivity index (χ0) is 13.7. The van der Waals surface area contributed by atoms with Gasteiger partial charge in [0, 0.05) is 6.42 Å². The highest BCUT2D eigenvalue weighted by Gasteiger charge is 2.38. The third kappa shape index (κ3) is 17.5. The number of alkyl halides is 3. The Labute approximate surface area is 99.0 Å². The molecule has 0 rings (SSSR count). The van der Waals surface area contributed by atoms with Crippen molar-refractivity contribution in [3.05, 3.63) is 0 Å². The second kappa shape index (κ2) is 11.4. The minimum atomic E-state index is -5.08. The summed E-state index contributed by atoms with van der Waals surface area (Å²) in [5, 5.41) is 7.12. The Morgan fingerprint density at radius 2 is 1.53 bits per heavy atom. The van der Waals surface area contributed by atoms with Gasteiger partial charge in [-0.25, -0.2) is 4.79 Å². The number of halogens is 3. The Bertz CT molecular complexity index is 203. The maximum Gasteiger partial charge on any atom is 0.490 e. The first-order valence-electron chi connectivity index (χ1n) is 5.60. The molecule has 0 aromatic heterocycles. The topological polar surface area (TPSA) is 54.4 Å². The lowest BCUT2D eigenvalue weighted by molar-refractivity contribution is -0.192. The van der Waals surface area contributed by atoms with Crippen LogP contribution < -0.4 is 0 Å². The van der Waals surface area contributed by atoms with Gasteiger partial charge in [0.05, 0.1) is 0 Å². The van der Waals surface area contributed by atoms with Crippen molar-refractivity contribution >= 4 is 12.3 Å². The summed E-state index contributed by atoms with van der Waals surface area (Å²) in [5.41, 5.74) is 0. The summed E-state index contributed by atoms with van der Waals surface area (Å²) in [6, 6.07) is 0. The van der Waals surface area contributed by atoms with E-state index in [0.29, 0.717) is 0 Å². The van der Waals surface area contributed by atoms with Crippen LogP contribution in [0.4, 0.5) is 13.2 Å². The van der Waals surface area contributed by atoms with E-state index in [9.17, 15) is 18.0 Å². The Morgan fingerprint density at radius 3 is 1.88 bits per heavy atom. The van der Waals surface area contributed by atoms with Gasteiger partial charge in [-0.3, -0.25) is 0 Å². The van der Waals surface area contributed by atoms with E-state index in [1.54, 1.807) is 0 Å². The van der Waals surface area contributed by atoms with Crippen molar-refractivity contribution in [2.75, 3.05) is 0 Å². The van der Waals surface area contributed by atoms with E-state index < -0.39 is 12.1 Å². The molecule has 0 amide bonds. The smallest absolute Gasteiger partial charge is 0.475 e. The first-order chi connectivity index (χ1) is 7.86. The summed E-state index contributed by atoms with van der Waals surface area (Å²) >= 11 is 0. The van der Waals surface area contributed by atoms with Crippen LogP contribution in [0.25, 0.3) is 0 Å². The van der Waals surface area contributed by atoms with Crippen molar-refractivity contribution in [2.45, 2.75) is 58.0 Å². The van der Waals surface area contributed by atoms with Crippen LogP contribution in [0.5, 0.6) is 0 Å². The fraction of sp³-hybridized carbons (Fsp3) is 0.818. The summed E-state index contributed by atoms with van der Waals surface area (Å²) in [6.07, 6.45) is 4.31. The number of rotatable bonds is 7. The summed E-state index contributed by atoms with van der Waals surface area (Å²) < 4.78 is 31.7. The van der Waals surface area contributed by atoms with E-state index in [0.717, 1.165) is 19.1 Å². The second-order valence-corrected chi connectivity index (χ2v) is 3.53. The molecule has 102 valence electrons. The molecule has 17 heavy (non-hydrogen) atoms. The van der Waals surface area contributed by atoms with Crippen molar-refractivity contribution in [1.82, 2.24) is 0 Å². The van der Waals surface area contributed by atoms with Crippen LogP contribution >= 0.6 is 0 Å². The Kier molecular flexibility index (Phi) is 12.3. The summed E-state index contributed by atoms with van der Waals surface area (Å²) in [6.45, 7) is 2.21. The minimum Gasteiger partial charge on any atom is -0.475 e. The number of carboxylic acids is 1. The third-order valence-electron chi connectivity index (χ3n) is 1.92. The molecular formula is C11H19F3O3. The molecular weight excluding hydrogens is 237 g/mol. The molecule has 0 aliphatic carbocycles. The largest absolute Gasteiger partial charge is 0.490 e. The lowest BCUT2D eigenvalue weighted by Crippen LogP contribution is -2.21. The van der Waals surface area contributed by atoms with Gasteiger partial charge in [-0.1, -0.05) is 39.0 Å². The lowest BCUT2D eigenvalue weighted by Gasteiger charge is -1.95. The molecule has 0 spiro atoms. The van der Waals surface area contributed by atoms with E-state index in [1.165, 1.54) is 32.1 Å². The van der Waals surface area contributed by atoms with Crippen molar-refractivity contribution in [3.8, 4) is 0 Å². The van der Waals surface area contributed by atoms with E-state index in [2.05, 4.69) is 6.92 Å². The quantitative estimate of drug-likeness (QED) is 0.559. The number of hydrogen-bond donors (Lipinski definition) is 1. The standard InChI is InChI=1S/C9H18O.C2HF3O2/c1-2-3-4-5-6-7-8-9-10;3-2(4,5)1(6)7/h9H,2-8H2,1H3;(H,6,7). The fourth-order valence-electron chi connectivity index (χ4n) is 1.01. The predicted octanol–water partition coefficient (Wildman–Crippen LogP) is 3.57. The van der Waals surface area contributed by atoms with Gasteiger partial charge in [0.15, 0.2) is 0 Å². The molecule has 3 nitrogen and oxygen atoms in total. The Hall–Kier alpha value is -1.07. The molecule has 0 aromatic rings. The van der Waals surface area contributed by atoms with E-state index >= 15 is 0 Å². The summed E-state index contributed by atoms with van der Waals surface area (Å²) in [4.78, 5) is 18.8. The van der Waals surface area contributed by atoms with E-state index in [1.807, 2.05) is 0 Å². The Morgan fingerprint density at radius 1 is 1.12 bits per heavy atom. The maximum absolute atomic E-state index is 10.6. The second-order valence-electron chi connectivity index (χ2n) is 3.53. The van der Waals surface area contributed by atoms with E-state index in [4.69, 9.17) is 9.90 Å². The highest BCUT2D eigenvalue weighted by atomic mass is 19.4. The first-order valence-corrected chi connectivity index (χ1v) is 5.60. The highest BCUT2D eigenvalue weighted by Crippen LogP contribution is 2.13. The third-order valence-corrected chi connectivity index (χ3v) is 1.92. The number of hydrogen-bond acceptors (Lipinski definition) is 2.